The normalized spacial score (nSPS) is 11.5. The molecule has 2 aromatic rings. The Morgan fingerprint density at radius 3 is 2.64 bits per heavy atom. The zero-order chi connectivity index (χ0) is 15.9. The van der Waals surface area contributed by atoms with E-state index in [1.54, 1.807) is 4.68 Å². The Morgan fingerprint density at radius 1 is 1.32 bits per heavy atom. The highest BCUT2D eigenvalue weighted by Gasteiger charge is 2.07. The lowest BCUT2D eigenvalue weighted by Gasteiger charge is -2.22. The fourth-order valence-electron chi connectivity index (χ4n) is 2.13. The lowest BCUT2D eigenvalue weighted by molar-refractivity contribution is 0.477. The van der Waals surface area contributed by atoms with E-state index < -0.39 is 0 Å². The summed E-state index contributed by atoms with van der Waals surface area (Å²) in [5.74, 6) is 0.876. The maximum atomic E-state index is 5.92. The molecule has 0 bridgehead atoms. The highest BCUT2D eigenvalue weighted by molar-refractivity contribution is 6.30. The summed E-state index contributed by atoms with van der Waals surface area (Å²) in [6.07, 6.45) is 3.82. The van der Waals surface area contributed by atoms with E-state index in [2.05, 4.69) is 27.2 Å². The van der Waals surface area contributed by atoms with Gasteiger partial charge in [-0.05, 0) is 24.6 Å². The third-order valence-electron chi connectivity index (χ3n) is 3.20. The van der Waals surface area contributed by atoms with Crippen LogP contribution < -0.4 is 5.32 Å². The Labute approximate surface area is 136 Å². The molecule has 0 fully saturated rings. The molecule has 0 radical (unpaired) electrons. The van der Waals surface area contributed by atoms with Crippen molar-refractivity contribution >= 4 is 17.6 Å². The third kappa shape index (κ3) is 4.77. The number of hydrogen-bond donors (Lipinski definition) is 1. The lowest BCUT2D eigenvalue weighted by atomic mass is 10.2. The van der Waals surface area contributed by atoms with E-state index in [4.69, 9.17) is 11.6 Å². The summed E-state index contributed by atoms with van der Waals surface area (Å²) in [4.78, 5) is 6.76. The van der Waals surface area contributed by atoms with Crippen LogP contribution in [0.3, 0.4) is 0 Å². The fraction of sp³-hybridized carbons (Fsp3) is 0.375. The number of guanidine groups is 1. The van der Waals surface area contributed by atoms with Gasteiger partial charge in [0.2, 0.25) is 0 Å². The van der Waals surface area contributed by atoms with Crippen molar-refractivity contribution in [3.8, 4) is 0 Å². The second kappa shape index (κ2) is 7.84. The summed E-state index contributed by atoms with van der Waals surface area (Å²) >= 11 is 5.92. The van der Waals surface area contributed by atoms with Crippen LogP contribution in [0.4, 0.5) is 0 Å². The topological polar surface area (TPSA) is 45.5 Å². The molecular formula is C16H22ClN5. The first-order valence-corrected chi connectivity index (χ1v) is 7.67. The van der Waals surface area contributed by atoms with E-state index in [0.29, 0.717) is 6.54 Å². The van der Waals surface area contributed by atoms with Crippen molar-refractivity contribution in [1.82, 2.24) is 20.0 Å². The molecule has 1 aromatic carbocycles. The van der Waals surface area contributed by atoms with Crippen LogP contribution in [0.1, 0.15) is 18.1 Å². The minimum atomic E-state index is 0.612. The van der Waals surface area contributed by atoms with Crippen LogP contribution in [-0.4, -0.2) is 34.2 Å². The van der Waals surface area contributed by atoms with Gasteiger partial charge in [-0.2, -0.15) is 5.10 Å². The molecule has 0 spiro atoms. The van der Waals surface area contributed by atoms with Gasteiger partial charge in [-0.3, -0.25) is 4.68 Å². The Kier molecular flexibility index (Phi) is 5.83. The first-order valence-electron chi connectivity index (χ1n) is 7.30. The fourth-order valence-corrected chi connectivity index (χ4v) is 2.25. The second-order valence-electron chi connectivity index (χ2n) is 5.17. The molecule has 6 heteroatoms. The number of benzene rings is 1. The van der Waals surface area contributed by atoms with E-state index >= 15 is 0 Å². The molecule has 5 nitrogen and oxygen atoms in total. The largest absolute Gasteiger partial charge is 0.357 e. The van der Waals surface area contributed by atoms with Gasteiger partial charge in [0.25, 0.3) is 0 Å². The summed E-state index contributed by atoms with van der Waals surface area (Å²) in [6, 6.07) is 7.88. The maximum absolute atomic E-state index is 5.92. The Balaban J connectivity index is 2.03. The highest BCUT2D eigenvalue weighted by atomic mass is 35.5. The first-order chi connectivity index (χ1) is 10.6. The van der Waals surface area contributed by atoms with Gasteiger partial charge >= 0.3 is 0 Å². The molecule has 0 aliphatic heterocycles. The molecule has 1 N–H and O–H groups in total. The van der Waals surface area contributed by atoms with Crippen molar-refractivity contribution in [2.45, 2.75) is 20.0 Å². The predicted molar refractivity (Wildman–Crippen MR) is 90.9 cm³/mol. The number of nitrogens with one attached hydrogen (secondary N) is 1. The quantitative estimate of drug-likeness (QED) is 0.681. The molecule has 0 saturated heterocycles. The molecule has 22 heavy (non-hydrogen) atoms. The van der Waals surface area contributed by atoms with E-state index in [-0.39, 0.29) is 0 Å². The van der Waals surface area contributed by atoms with Gasteiger partial charge in [0, 0.05) is 44.0 Å². The van der Waals surface area contributed by atoms with E-state index in [9.17, 15) is 0 Å². The molecule has 0 atom stereocenters. The zero-order valence-electron chi connectivity index (χ0n) is 13.3. The van der Waals surface area contributed by atoms with Crippen molar-refractivity contribution in [2.75, 3.05) is 13.6 Å². The van der Waals surface area contributed by atoms with E-state index in [1.165, 1.54) is 5.56 Å². The minimum absolute atomic E-state index is 0.612. The molecular weight excluding hydrogens is 298 g/mol. The minimum Gasteiger partial charge on any atom is -0.357 e. The lowest BCUT2D eigenvalue weighted by Crippen LogP contribution is -2.38. The average Bonchev–Trinajstić information content (AvgIpc) is 2.91. The molecule has 1 aromatic heterocycles. The molecule has 118 valence electrons. The van der Waals surface area contributed by atoms with Crippen LogP contribution in [0.2, 0.25) is 5.02 Å². The second-order valence-corrected chi connectivity index (χ2v) is 5.61. The Hall–Kier alpha value is -2.01. The van der Waals surface area contributed by atoms with Crippen molar-refractivity contribution in [2.24, 2.45) is 12.0 Å². The standard InChI is InChI=1S/C16H22ClN5/c1-4-18-16(19-9-14-10-20-22(3)12-14)21(2)11-13-5-7-15(17)8-6-13/h5-8,10,12H,4,9,11H2,1-3H3,(H,18,19). The van der Waals surface area contributed by atoms with Gasteiger partial charge < -0.3 is 10.2 Å². The Morgan fingerprint density at radius 2 is 2.05 bits per heavy atom. The predicted octanol–water partition coefficient (Wildman–Crippen LogP) is 2.67. The zero-order valence-corrected chi connectivity index (χ0v) is 14.0. The molecule has 0 unspecified atom stereocenters. The first kappa shape index (κ1) is 16.4. The van der Waals surface area contributed by atoms with Crippen LogP contribution in [0, 0.1) is 0 Å². The summed E-state index contributed by atoms with van der Waals surface area (Å²) in [6.45, 7) is 4.28. The van der Waals surface area contributed by atoms with Crippen LogP contribution in [-0.2, 0) is 20.1 Å². The number of aryl methyl sites for hydroxylation is 1. The van der Waals surface area contributed by atoms with Gasteiger partial charge in [0.05, 0.1) is 12.7 Å². The van der Waals surface area contributed by atoms with Crippen molar-refractivity contribution < 1.29 is 0 Å². The van der Waals surface area contributed by atoms with Gasteiger partial charge in [-0.1, -0.05) is 23.7 Å². The molecule has 1 heterocycles. The average molecular weight is 320 g/mol. The third-order valence-corrected chi connectivity index (χ3v) is 3.45. The number of hydrogen-bond acceptors (Lipinski definition) is 2. The van der Waals surface area contributed by atoms with Gasteiger partial charge in [-0.15, -0.1) is 0 Å². The molecule has 2 rings (SSSR count). The van der Waals surface area contributed by atoms with Crippen molar-refractivity contribution in [1.29, 1.82) is 0 Å². The smallest absolute Gasteiger partial charge is 0.194 e. The van der Waals surface area contributed by atoms with Crippen molar-refractivity contribution in [3.05, 3.63) is 52.8 Å². The highest BCUT2D eigenvalue weighted by Crippen LogP contribution is 2.11. The number of rotatable bonds is 5. The number of nitrogens with zero attached hydrogens (tertiary/aromatic N) is 4. The van der Waals surface area contributed by atoms with Crippen LogP contribution in [0.5, 0.6) is 0 Å². The summed E-state index contributed by atoms with van der Waals surface area (Å²) in [7, 11) is 3.93. The summed E-state index contributed by atoms with van der Waals surface area (Å²) in [5.41, 5.74) is 2.29. The van der Waals surface area contributed by atoms with E-state index in [1.807, 2.05) is 50.8 Å². The SMILES string of the molecule is CCNC(=NCc1cnn(C)c1)N(C)Cc1ccc(Cl)cc1. The monoisotopic (exact) mass is 319 g/mol. The van der Waals surface area contributed by atoms with Gasteiger partial charge in [-0.25, -0.2) is 4.99 Å². The van der Waals surface area contributed by atoms with Crippen LogP contribution >= 0.6 is 11.6 Å². The molecule has 0 saturated carbocycles. The van der Waals surface area contributed by atoms with Crippen molar-refractivity contribution in [3.63, 3.8) is 0 Å². The number of aromatic nitrogens is 2. The van der Waals surface area contributed by atoms with Gasteiger partial charge in [0.1, 0.15) is 0 Å². The van der Waals surface area contributed by atoms with Crippen LogP contribution in [0.25, 0.3) is 0 Å². The maximum Gasteiger partial charge on any atom is 0.194 e. The summed E-state index contributed by atoms with van der Waals surface area (Å²) < 4.78 is 1.79. The summed E-state index contributed by atoms with van der Waals surface area (Å²) in [5, 5.41) is 8.23. The van der Waals surface area contributed by atoms with Crippen LogP contribution in [0.15, 0.2) is 41.7 Å². The Bertz CT molecular complexity index is 618. The molecule has 0 aliphatic rings. The number of aliphatic imine (C=N–C) groups is 1. The molecule has 0 amide bonds. The van der Waals surface area contributed by atoms with Gasteiger partial charge in [0.15, 0.2) is 5.96 Å². The van der Waals surface area contributed by atoms with E-state index in [0.717, 1.165) is 29.6 Å². The number of halogens is 1. The molecule has 0 aliphatic carbocycles.